The second kappa shape index (κ2) is 9.92. The molecule has 1 saturated heterocycles. The van der Waals surface area contributed by atoms with Crippen LogP contribution >= 0.6 is 11.8 Å². The highest BCUT2D eigenvalue weighted by molar-refractivity contribution is 8.18. The first kappa shape index (κ1) is 23.1. The maximum absolute atomic E-state index is 13.6. The summed E-state index contributed by atoms with van der Waals surface area (Å²) in [6.45, 7) is 2.21. The van der Waals surface area contributed by atoms with Crippen LogP contribution in [0.25, 0.3) is 17.4 Å². The molecule has 1 aliphatic heterocycles. The normalized spacial score (nSPS) is 22.8. The minimum absolute atomic E-state index is 0.000611. The van der Waals surface area contributed by atoms with Crippen molar-refractivity contribution in [1.29, 1.82) is 0 Å². The van der Waals surface area contributed by atoms with E-state index >= 15 is 0 Å². The van der Waals surface area contributed by atoms with Crippen LogP contribution < -0.4 is 0 Å². The molecule has 2 heterocycles. The zero-order chi connectivity index (χ0) is 24.4. The molecule has 2 aromatic carbocycles. The van der Waals surface area contributed by atoms with E-state index in [2.05, 4.69) is 6.92 Å². The fourth-order valence-corrected chi connectivity index (χ4v) is 5.66. The topological polar surface area (TPSA) is 89.0 Å². The number of aliphatic imine (C=N–C) groups is 1. The number of hydrogen-bond acceptors (Lipinski definition) is 6. The van der Waals surface area contributed by atoms with Crippen LogP contribution in [0.4, 0.5) is 11.4 Å². The highest BCUT2D eigenvalue weighted by Gasteiger charge is 2.41. The van der Waals surface area contributed by atoms with Crippen molar-refractivity contribution in [1.82, 2.24) is 4.90 Å². The molecule has 7 nitrogen and oxygen atoms in total. The Balaban J connectivity index is 1.47. The molecular formula is C27H25N3O4S. The number of rotatable bonds is 5. The Kier molecular flexibility index (Phi) is 6.55. The molecule has 0 bridgehead atoms. The van der Waals surface area contributed by atoms with Gasteiger partial charge in [0.05, 0.1) is 15.5 Å². The van der Waals surface area contributed by atoms with Gasteiger partial charge in [0.2, 0.25) is 0 Å². The molecule has 5 rings (SSSR count). The van der Waals surface area contributed by atoms with E-state index in [-0.39, 0.29) is 17.6 Å². The van der Waals surface area contributed by atoms with Crippen molar-refractivity contribution in [3.8, 4) is 11.3 Å². The van der Waals surface area contributed by atoms with E-state index in [1.807, 2.05) is 35.2 Å². The molecule has 1 amide bonds. The van der Waals surface area contributed by atoms with Crippen LogP contribution in [-0.4, -0.2) is 26.9 Å². The summed E-state index contributed by atoms with van der Waals surface area (Å²) >= 11 is 1.36. The molecule has 8 heteroatoms. The molecule has 178 valence electrons. The Labute approximate surface area is 207 Å². The molecule has 3 aromatic rings. The van der Waals surface area contributed by atoms with Crippen molar-refractivity contribution in [2.45, 2.75) is 38.6 Å². The molecule has 2 atom stereocenters. The van der Waals surface area contributed by atoms with Crippen molar-refractivity contribution in [2.24, 2.45) is 10.9 Å². The molecule has 0 radical (unpaired) electrons. The molecule has 35 heavy (non-hydrogen) atoms. The summed E-state index contributed by atoms with van der Waals surface area (Å²) < 4.78 is 5.95. The Bertz CT molecular complexity index is 1310. The predicted molar refractivity (Wildman–Crippen MR) is 138 cm³/mol. The average Bonchev–Trinajstić information content (AvgIpc) is 3.45. The summed E-state index contributed by atoms with van der Waals surface area (Å²) in [4.78, 5) is 31.5. The summed E-state index contributed by atoms with van der Waals surface area (Å²) in [5.41, 5.74) is 1.42. The summed E-state index contributed by atoms with van der Waals surface area (Å²) in [6.07, 6.45) is 6.09. The molecule has 0 unspecified atom stereocenters. The van der Waals surface area contributed by atoms with Crippen LogP contribution in [0.1, 0.15) is 38.4 Å². The third kappa shape index (κ3) is 4.93. The van der Waals surface area contributed by atoms with E-state index < -0.39 is 4.92 Å². The van der Waals surface area contributed by atoms with Gasteiger partial charge in [-0.25, -0.2) is 4.99 Å². The first-order valence-electron chi connectivity index (χ1n) is 11.7. The van der Waals surface area contributed by atoms with Crippen LogP contribution in [0.2, 0.25) is 0 Å². The van der Waals surface area contributed by atoms with Crippen LogP contribution in [0, 0.1) is 16.0 Å². The number of amidine groups is 1. The maximum atomic E-state index is 13.6. The Morgan fingerprint density at radius 1 is 1.09 bits per heavy atom. The number of carbonyl (C=O) groups is 1. The van der Waals surface area contributed by atoms with Gasteiger partial charge in [0, 0.05) is 29.8 Å². The maximum Gasteiger partial charge on any atom is 0.270 e. The van der Waals surface area contributed by atoms with Gasteiger partial charge in [0.15, 0.2) is 5.17 Å². The highest BCUT2D eigenvalue weighted by atomic mass is 32.2. The fourth-order valence-electron chi connectivity index (χ4n) is 4.64. The zero-order valence-electron chi connectivity index (χ0n) is 19.3. The molecule has 2 fully saturated rings. The van der Waals surface area contributed by atoms with Crippen molar-refractivity contribution in [3.05, 3.63) is 87.5 Å². The number of non-ortho nitro benzene ring substituents is 1. The third-order valence-electron chi connectivity index (χ3n) is 6.46. The Hall–Kier alpha value is -3.65. The van der Waals surface area contributed by atoms with Crippen LogP contribution in [-0.2, 0) is 4.79 Å². The number of carbonyl (C=O) groups excluding carboxylic acids is 1. The van der Waals surface area contributed by atoms with Gasteiger partial charge in [-0.05, 0) is 54.8 Å². The lowest BCUT2D eigenvalue weighted by atomic mass is 9.85. The molecule has 1 aliphatic carbocycles. The SMILES string of the molecule is C[C@@H]1CCCC[C@H]1N1C(=O)/C(=C/c2ccc(-c3cccc([N+](=O)[O-])c3)o2)SC1=Nc1ccccc1. The molecule has 1 aromatic heterocycles. The lowest BCUT2D eigenvalue weighted by Crippen LogP contribution is -2.44. The van der Waals surface area contributed by atoms with Crippen molar-refractivity contribution >= 4 is 40.3 Å². The number of para-hydroxylation sites is 1. The van der Waals surface area contributed by atoms with Gasteiger partial charge in [-0.1, -0.05) is 50.1 Å². The smallest absolute Gasteiger partial charge is 0.270 e. The molecular weight excluding hydrogens is 462 g/mol. The van der Waals surface area contributed by atoms with Gasteiger partial charge in [-0.2, -0.15) is 0 Å². The summed E-state index contributed by atoms with van der Waals surface area (Å²) in [5, 5.41) is 11.8. The van der Waals surface area contributed by atoms with E-state index in [1.54, 1.807) is 30.3 Å². The predicted octanol–water partition coefficient (Wildman–Crippen LogP) is 7.04. The van der Waals surface area contributed by atoms with E-state index in [1.165, 1.54) is 30.3 Å². The highest BCUT2D eigenvalue weighted by Crippen LogP contribution is 2.40. The Morgan fingerprint density at radius 2 is 1.89 bits per heavy atom. The minimum Gasteiger partial charge on any atom is -0.457 e. The monoisotopic (exact) mass is 487 g/mol. The van der Waals surface area contributed by atoms with Crippen LogP contribution in [0.5, 0.6) is 0 Å². The number of furan rings is 1. The van der Waals surface area contributed by atoms with E-state index in [9.17, 15) is 14.9 Å². The first-order chi connectivity index (χ1) is 17.0. The minimum atomic E-state index is -0.433. The number of amides is 1. The van der Waals surface area contributed by atoms with Gasteiger partial charge in [-0.3, -0.25) is 19.8 Å². The lowest BCUT2D eigenvalue weighted by Gasteiger charge is -2.35. The van der Waals surface area contributed by atoms with Gasteiger partial charge >= 0.3 is 0 Å². The third-order valence-corrected chi connectivity index (χ3v) is 7.44. The number of nitrogens with zero attached hydrogens (tertiary/aromatic N) is 3. The lowest BCUT2D eigenvalue weighted by molar-refractivity contribution is -0.384. The van der Waals surface area contributed by atoms with E-state index in [4.69, 9.17) is 9.41 Å². The summed E-state index contributed by atoms with van der Waals surface area (Å²) in [7, 11) is 0. The standard InChI is InChI=1S/C27H25N3O4S/c1-18-8-5-6-13-23(18)29-26(31)25(35-27(29)28-20-10-3-2-4-11-20)17-22-14-15-24(34-22)19-9-7-12-21(16-19)30(32)33/h2-4,7,9-12,14-18,23H,5-6,8,13H2,1H3/b25-17-,28-27?/t18-,23-/m1/s1. The number of thioether (sulfide) groups is 1. The van der Waals surface area contributed by atoms with E-state index in [0.717, 1.165) is 24.9 Å². The second-order valence-electron chi connectivity index (χ2n) is 8.85. The van der Waals surface area contributed by atoms with Gasteiger partial charge in [0.25, 0.3) is 11.6 Å². The van der Waals surface area contributed by atoms with Gasteiger partial charge in [-0.15, -0.1) is 0 Å². The summed E-state index contributed by atoms with van der Waals surface area (Å²) in [6, 6.07) is 19.6. The number of nitro benzene ring substituents is 1. The molecule has 1 saturated carbocycles. The van der Waals surface area contributed by atoms with Gasteiger partial charge in [0.1, 0.15) is 11.5 Å². The quantitative estimate of drug-likeness (QED) is 0.219. The largest absolute Gasteiger partial charge is 0.457 e. The van der Waals surface area contributed by atoms with Crippen LogP contribution in [0.3, 0.4) is 0 Å². The number of nitro groups is 1. The van der Waals surface area contributed by atoms with Crippen LogP contribution in [0.15, 0.2) is 81.0 Å². The van der Waals surface area contributed by atoms with Gasteiger partial charge < -0.3 is 4.42 Å². The average molecular weight is 488 g/mol. The number of benzene rings is 2. The molecule has 0 spiro atoms. The number of hydrogen-bond donors (Lipinski definition) is 0. The second-order valence-corrected chi connectivity index (χ2v) is 9.86. The fraction of sp³-hybridized carbons (Fsp3) is 0.259. The van der Waals surface area contributed by atoms with Crippen molar-refractivity contribution < 1.29 is 14.1 Å². The van der Waals surface area contributed by atoms with Crippen molar-refractivity contribution in [2.75, 3.05) is 0 Å². The van der Waals surface area contributed by atoms with E-state index in [0.29, 0.717) is 33.1 Å². The first-order valence-corrected chi connectivity index (χ1v) is 12.5. The Morgan fingerprint density at radius 3 is 2.66 bits per heavy atom. The zero-order valence-corrected chi connectivity index (χ0v) is 20.1. The molecule has 2 aliphatic rings. The summed E-state index contributed by atoms with van der Waals surface area (Å²) in [5.74, 6) is 1.36. The van der Waals surface area contributed by atoms with Crippen molar-refractivity contribution in [3.63, 3.8) is 0 Å². The molecule has 0 N–H and O–H groups in total.